The van der Waals surface area contributed by atoms with Gasteiger partial charge in [-0.25, -0.2) is 0 Å². The smallest absolute Gasteiger partial charge is 0.226 e. The van der Waals surface area contributed by atoms with E-state index in [0.29, 0.717) is 18.8 Å². The summed E-state index contributed by atoms with van der Waals surface area (Å²) in [7, 11) is 0. The van der Waals surface area contributed by atoms with Crippen LogP contribution in [0.25, 0.3) is 0 Å². The number of ether oxygens (including phenoxy) is 1. The molecule has 3 rings (SSSR count). The van der Waals surface area contributed by atoms with Crippen LogP contribution in [0.3, 0.4) is 0 Å². The number of carbonyl (C=O) groups excluding carboxylic acids is 1. The van der Waals surface area contributed by atoms with Crippen molar-refractivity contribution in [2.24, 2.45) is 0 Å². The first-order chi connectivity index (χ1) is 12.2. The number of rotatable bonds is 6. The Morgan fingerprint density at radius 2 is 1.76 bits per heavy atom. The number of hydrogen-bond acceptors (Lipinski definition) is 4. The van der Waals surface area contributed by atoms with Gasteiger partial charge in [0.15, 0.2) is 0 Å². The van der Waals surface area contributed by atoms with Crippen LogP contribution in [-0.2, 0) is 11.3 Å². The van der Waals surface area contributed by atoms with Gasteiger partial charge in [-0.1, -0.05) is 36.4 Å². The molecule has 0 spiro atoms. The highest BCUT2D eigenvalue weighted by molar-refractivity contribution is 5.76. The highest BCUT2D eigenvalue weighted by Crippen LogP contribution is 2.18. The molecule has 0 radical (unpaired) electrons. The molecule has 0 aliphatic carbocycles. The van der Waals surface area contributed by atoms with E-state index in [0.717, 1.165) is 32.7 Å². The normalized spacial score (nSPS) is 15.1. The lowest BCUT2D eigenvalue weighted by Gasteiger charge is -2.34. The standard InChI is InChI=1S/C20H24N2O3/c23-18-7-4-8-19(15-18)25-14-9-20(24)22-12-10-21(11-13-22)16-17-5-2-1-3-6-17/h1-8,15,23H,9-14,16H2. The number of hydrogen-bond donors (Lipinski definition) is 1. The number of phenolic OH excluding ortho intramolecular Hbond substituents is 1. The fourth-order valence-corrected chi connectivity index (χ4v) is 2.98. The third-order valence-corrected chi connectivity index (χ3v) is 4.38. The summed E-state index contributed by atoms with van der Waals surface area (Å²) in [4.78, 5) is 16.6. The zero-order valence-corrected chi connectivity index (χ0v) is 14.3. The molecule has 1 amide bonds. The molecule has 1 N–H and O–H groups in total. The molecular weight excluding hydrogens is 316 g/mol. The van der Waals surface area contributed by atoms with Crippen molar-refractivity contribution in [3.05, 3.63) is 60.2 Å². The second-order valence-electron chi connectivity index (χ2n) is 6.24. The second-order valence-corrected chi connectivity index (χ2v) is 6.24. The predicted octanol–water partition coefficient (Wildman–Crippen LogP) is 2.51. The van der Waals surface area contributed by atoms with Crippen LogP contribution in [-0.4, -0.2) is 53.6 Å². The summed E-state index contributed by atoms with van der Waals surface area (Å²) in [6, 6.07) is 17.0. The molecule has 5 nitrogen and oxygen atoms in total. The van der Waals surface area contributed by atoms with Crippen molar-refractivity contribution in [3.8, 4) is 11.5 Å². The summed E-state index contributed by atoms with van der Waals surface area (Å²) in [5, 5.41) is 9.40. The summed E-state index contributed by atoms with van der Waals surface area (Å²) >= 11 is 0. The van der Waals surface area contributed by atoms with E-state index in [-0.39, 0.29) is 11.7 Å². The van der Waals surface area contributed by atoms with Gasteiger partial charge in [-0.15, -0.1) is 0 Å². The van der Waals surface area contributed by atoms with E-state index in [1.54, 1.807) is 24.3 Å². The number of nitrogens with zero attached hydrogens (tertiary/aromatic N) is 2. The molecule has 1 aliphatic heterocycles. The molecule has 25 heavy (non-hydrogen) atoms. The van der Waals surface area contributed by atoms with E-state index >= 15 is 0 Å². The highest BCUT2D eigenvalue weighted by Gasteiger charge is 2.20. The minimum Gasteiger partial charge on any atom is -0.508 e. The van der Waals surface area contributed by atoms with Gasteiger partial charge in [0, 0.05) is 38.8 Å². The lowest BCUT2D eigenvalue weighted by Crippen LogP contribution is -2.48. The van der Waals surface area contributed by atoms with Crippen molar-refractivity contribution < 1.29 is 14.6 Å². The zero-order valence-electron chi connectivity index (χ0n) is 14.3. The quantitative estimate of drug-likeness (QED) is 0.878. The van der Waals surface area contributed by atoms with E-state index in [9.17, 15) is 9.90 Å². The maximum absolute atomic E-state index is 12.3. The number of benzene rings is 2. The summed E-state index contributed by atoms with van der Waals surface area (Å²) in [6.45, 7) is 4.58. The SMILES string of the molecule is O=C(CCOc1cccc(O)c1)N1CCN(Cc2ccccc2)CC1. The molecule has 1 heterocycles. The third kappa shape index (κ3) is 5.22. The molecule has 1 aliphatic rings. The monoisotopic (exact) mass is 340 g/mol. The largest absolute Gasteiger partial charge is 0.508 e. The maximum atomic E-state index is 12.3. The summed E-state index contributed by atoms with van der Waals surface area (Å²) in [6.07, 6.45) is 0.355. The summed E-state index contributed by atoms with van der Waals surface area (Å²) < 4.78 is 5.53. The van der Waals surface area contributed by atoms with Crippen LogP contribution < -0.4 is 4.74 Å². The molecule has 0 saturated carbocycles. The van der Waals surface area contributed by atoms with Crippen molar-refractivity contribution in [1.29, 1.82) is 0 Å². The predicted molar refractivity (Wildman–Crippen MR) is 96.5 cm³/mol. The summed E-state index contributed by atoms with van der Waals surface area (Å²) in [5.41, 5.74) is 1.31. The number of aromatic hydroxyl groups is 1. The average Bonchev–Trinajstić information content (AvgIpc) is 2.63. The highest BCUT2D eigenvalue weighted by atomic mass is 16.5. The van der Waals surface area contributed by atoms with E-state index < -0.39 is 0 Å². The second kappa shape index (κ2) is 8.53. The van der Waals surface area contributed by atoms with E-state index in [4.69, 9.17) is 4.74 Å². The Kier molecular flexibility index (Phi) is 5.90. The molecule has 1 saturated heterocycles. The Hall–Kier alpha value is -2.53. The summed E-state index contributed by atoms with van der Waals surface area (Å²) in [5.74, 6) is 0.873. The molecule has 0 atom stereocenters. The van der Waals surface area contributed by atoms with Crippen LogP contribution >= 0.6 is 0 Å². The number of phenols is 1. The van der Waals surface area contributed by atoms with Crippen molar-refractivity contribution in [1.82, 2.24) is 9.80 Å². The van der Waals surface area contributed by atoms with Crippen molar-refractivity contribution >= 4 is 5.91 Å². The van der Waals surface area contributed by atoms with Gasteiger partial charge in [-0.3, -0.25) is 9.69 Å². The first kappa shape index (κ1) is 17.3. The van der Waals surface area contributed by atoms with E-state index in [1.807, 2.05) is 11.0 Å². The Labute approximate surface area is 148 Å². The molecule has 1 fully saturated rings. The van der Waals surface area contributed by atoms with Gasteiger partial charge in [0.1, 0.15) is 11.5 Å². The molecule has 0 unspecified atom stereocenters. The molecular formula is C20H24N2O3. The van der Waals surface area contributed by atoms with E-state index in [2.05, 4.69) is 29.2 Å². The van der Waals surface area contributed by atoms with E-state index in [1.165, 1.54) is 5.56 Å². The average molecular weight is 340 g/mol. The fourth-order valence-electron chi connectivity index (χ4n) is 2.98. The van der Waals surface area contributed by atoms with Crippen LogP contribution in [0.2, 0.25) is 0 Å². The minimum atomic E-state index is 0.125. The first-order valence-electron chi connectivity index (χ1n) is 8.66. The molecule has 5 heteroatoms. The molecule has 0 bridgehead atoms. The maximum Gasteiger partial charge on any atom is 0.226 e. The molecule has 2 aromatic rings. The Bertz CT molecular complexity index is 682. The van der Waals surface area contributed by atoms with Crippen LogP contribution in [0.15, 0.2) is 54.6 Å². The van der Waals surface area contributed by atoms with Gasteiger partial charge in [0.2, 0.25) is 5.91 Å². The van der Waals surface area contributed by atoms with Gasteiger partial charge >= 0.3 is 0 Å². The Morgan fingerprint density at radius 3 is 2.48 bits per heavy atom. The fraction of sp³-hybridized carbons (Fsp3) is 0.350. The van der Waals surface area contributed by atoms with Crippen LogP contribution in [0.1, 0.15) is 12.0 Å². The lowest BCUT2D eigenvalue weighted by atomic mass is 10.2. The van der Waals surface area contributed by atoms with Crippen LogP contribution in [0.5, 0.6) is 11.5 Å². The first-order valence-corrected chi connectivity index (χ1v) is 8.66. The van der Waals surface area contributed by atoms with Crippen molar-refractivity contribution in [2.75, 3.05) is 32.8 Å². The van der Waals surface area contributed by atoms with Crippen LogP contribution in [0, 0.1) is 0 Å². The number of amides is 1. The molecule has 2 aromatic carbocycles. The van der Waals surface area contributed by atoms with Crippen molar-refractivity contribution in [3.63, 3.8) is 0 Å². The van der Waals surface area contributed by atoms with Gasteiger partial charge in [0.25, 0.3) is 0 Å². The molecule has 0 aromatic heterocycles. The Balaban J connectivity index is 1.38. The van der Waals surface area contributed by atoms with Gasteiger partial charge in [-0.2, -0.15) is 0 Å². The van der Waals surface area contributed by atoms with Crippen molar-refractivity contribution in [2.45, 2.75) is 13.0 Å². The lowest BCUT2D eigenvalue weighted by molar-refractivity contribution is -0.133. The topological polar surface area (TPSA) is 53.0 Å². The van der Waals surface area contributed by atoms with Crippen LogP contribution in [0.4, 0.5) is 0 Å². The Morgan fingerprint density at radius 1 is 1.00 bits per heavy atom. The third-order valence-electron chi connectivity index (χ3n) is 4.38. The minimum absolute atomic E-state index is 0.125. The number of carbonyl (C=O) groups is 1. The van der Waals surface area contributed by atoms with Gasteiger partial charge in [-0.05, 0) is 17.7 Å². The zero-order chi connectivity index (χ0) is 17.5. The molecule has 132 valence electrons. The van der Waals surface area contributed by atoms with Gasteiger partial charge < -0.3 is 14.7 Å². The van der Waals surface area contributed by atoms with Gasteiger partial charge in [0.05, 0.1) is 13.0 Å². The number of piperazine rings is 1.